The number of hydrogen-bond donors (Lipinski definition) is 2. The number of anilines is 1. The molecule has 2 aromatic rings. The van der Waals surface area contributed by atoms with Crippen molar-refractivity contribution in [3.8, 4) is 0 Å². The molecule has 0 aliphatic heterocycles. The fourth-order valence-electron chi connectivity index (χ4n) is 1.39. The van der Waals surface area contributed by atoms with E-state index in [1.807, 2.05) is 0 Å². The van der Waals surface area contributed by atoms with E-state index in [9.17, 15) is 14.9 Å². The topological polar surface area (TPSA) is 124 Å². The van der Waals surface area contributed by atoms with Crippen molar-refractivity contribution in [2.75, 3.05) is 5.73 Å². The number of carbonyl (C=O) groups is 1. The van der Waals surface area contributed by atoms with E-state index in [1.54, 1.807) is 0 Å². The number of nitrogens with two attached hydrogens (primary N) is 1. The fraction of sp³-hybridized carbons (Fsp3) is 0. The van der Waals surface area contributed by atoms with Crippen molar-refractivity contribution >= 4 is 28.5 Å². The molecule has 1 aromatic carbocycles. The minimum atomic E-state index is -1.30. The molecule has 0 fully saturated rings. The average Bonchev–Trinajstić information content (AvgIpc) is 2.56. The highest BCUT2D eigenvalue weighted by atomic mass is 16.6. The van der Waals surface area contributed by atoms with Gasteiger partial charge in [-0.25, -0.2) is 4.79 Å². The van der Waals surface area contributed by atoms with Crippen LogP contribution < -0.4 is 5.73 Å². The smallest absolute Gasteiger partial charge is 0.432 e. The Kier molecular flexibility index (Phi) is 1.97. The molecule has 1 aromatic heterocycles. The molecule has 0 atom stereocenters. The molecule has 0 aliphatic rings. The van der Waals surface area contributed by atoms with E-state index in [2.05, 4.69) is 5.10 Å². The van der Waals surface area contributed by atoms with Crippen molar-refractivity contribution in [2.45, 2.75) is 0 Å². The molecule has 0 bridgehead atoms. The van der Waals surface area contributed by atoms with Crippen molar-refractivity contribution in [3.05, 3.63) is 28.3 Å². The lowest BCUT2D eigenvalue weighted by molar-refractivity contribution is -0.384. The number of benzene rings is 1. The fourth-order valence-corrected chi connectivity index (χ4v) is 1.39. The van der Waals surface area contributed by atoms with Gasteiger partial charge in [0.25, 0.3) is 5.69 Å². The molecule has 0 saturated heterocycles. The minimum Gasteiger partial charge on any atom is -0.463 e. The summed E-state index contributed by atoms with van der Waals surface area (Å²) < 4.78 is 0.675. The summed E-state index contributed by atoms with van der Waals surface area (Å²) in [6.07, 6.45) is -1.30. The number of fused-ring (bicyclic) bond motifs is 1. The quantitative estimate of drug-likeness (QED) is 0.548. The highest BCUT2D eigenvalue weighted by Crippen LogP contribution is 2.25. The van der Waals surface area contributed by atoms with Crippen molar-refractivity contribution in [3.63, 3.8) is 0 Å². The van der Waals surface area contributed by atoms with Gasteiger partial charge in [0.15, 0.2) is 5.82 Å². The van der Waals surface area contributed by atoms with Crippen LogP contribution in [-0.4, -0.2) is 25.9 Å². The third-order valence-electron chi connectivity index (χ3n) is 2.08. The van der Waals surface area contributed by atoms with Crippen LogP contribution in [0.1, 0.15) is 0 Å². The molecule has 8 nitrogen and oxygen atoms in total. The highest BCUT2D eigenvalue weighted by Gasteiger charge is 2.16. The zero-order valence-electron chi connectivity index (χ0n) is 7.82. The van der Waals surface area contributed by atoms with Gasteiger partial charge < -0.3 is 10.8 Å². The summed E-state index contributed by atoms with van der Waals surface area (Å²) in [6, 6.07) is 3.69. The molecule has 1 heterocycles. The maximum absolute atomic E-state index is 10.8. The number of nitrogen functional groups attached to an aromatic ring is 1. The van der Waals surface area contributed by atoms with Crippen molar-refractivity contribution in [2.24, 2.45) is 0 Å². The first kappa shape index (κ1) is 9.90. The van der Waals surface area contributed by atoms with Gasteiger partial charge in [-0.05, 0) is 6.07 Å². The standard InChI is InChI=1S/C8H6N4O4/c9-7-5-3-4(12(15)16)1-2-6(5)11(10-7)8(13)14/h1-3H,(H2,9,10)(H,13,14). The van der Waals surface area contributed by atoms with E-state index < -0.39 is 11.0 Å². The van der Waals surface area contributed by atoms with Gasteiger partial charge in [-0.1, -0.05) is 0 Å². The summed E-state index contributed by atoms with van der Waals surface area (Å²) in [6.45, 7) is 0. The zero-order valence-corrected chi connectivity index (χ0v) is 7.82. The third-order valence-corrected chi connectivity index (χ3v) is 2.08. The second kappa shape index (κ2) is 3.19. The van der Waals surface area contributed by atoms with Crippen LogP contribution in [0.2, 0.25) is 0 Å². The normalized spacial score (nSPS) is 10.5. The summed E-state index contributed by atoms with van der Waals surface area (Å²) in [5.74, 6) is -0.0545. The van der Waals surface area contributed by atoms with E-state index >= 15 is 0 Å². The monoisotopic (exact) mass is 222 g/mol. The zero-order chi connectivity index (χ0) is 11.9. The Morgan fingerprint density at radius 1 is 1.56 bits per heavy atom. The molecule has 16 heavy (non-hydrogen) atoms. The second-order valence-electron chi connectivity index (χ2n) is 3.04. The second-order valence-corrected chi connectivity index (χ2v) is 3.04. The Morgan fingerprint density at radius 2 is 2.25 bits per heavy atom. The molecule has 0 saturated carbocycles. The Labute approximate surface area is 88.0 Å². The lowest BCUT2D eigenvalue weighted by Crippen LogP contribution is -2.09. The maximum atomic E-state index is 10.8. The Balaban J connectivity index is 2.76. The molecule has 0 unspecified atom stereocenters. The van der Waals surface area contributed by atoms with E-state index in [-0.39, 0.29) is 22.4 Å². The van der Waals surface area contributed by atoms with Crippen LogP contribution in [0.3, 0.4) is 0 Å². The van der Waals surface area contributed by atoms with E-state index in [0.717, 1.165) is 0 Å². The Hall–Kier alpha value is -2.64. The molecule has 3 N–H and O–H groups in total. The van der Waals surface area contributed by atoms with Crippen molar-refractivity contribution in [1.29, 1.82) is 0 Å². The SMILES string of the molecule is Nc1nn(C(=O)O)c2ccc([N+](=O)[O-])cc12. The van der Waals surface area contributed by atoms with Crippen LogP contribution in [0.25, 0.3) is 10.9 Å². The number of nitro groups is 1. The van der Waals surface area contributed by atoms with Crippen molar-refractivity contribution in [1.82, 2.24) is 9.78 Å². The molecule has 82 valence electrons. The van der Waals surface area contributed by atoms with Gasteiger partial charge in [-0.2, -0.15) is 4.68 Å². The van der Waals surface area contributed by atoms with Gasteiger partial charge in [0.05, 0.1) is 15.8 Å². The van der Waals surface area contributed by atoms with E-state index in [4.69, 9.17) is 10.8 Å². The van der Waals surface area contributed by atoms with Gasteiger partial charge >= 0.3 is 6.09 Å². The largest absolute Gasteiger partial charge is 0.463 e. The van der Waals surface area contributed by atoms with E-state index in [1.165, 1.54) is 18.2 Å². The lowest BCUT2D eigenvalue weighted by atomic mass is 10.2. The molecule has 8 heteroatoms. The molecule has 2 rings (SSSR count). The molecule has 0 aliphatic carbocycles. The van der Waals surface area contributed by atoms with Crippen LogP contribution in [0, 0.1) is 10.1 Å². The predicted octanol–water partition coefficient (Wildman–Crippen LogP) is 1.05. The lowest BCUT2D eigenvalue weighted by Gasteiger charge is -1.94. The Bertz CT molecular complexity index is 603. The number of rotatable bonds is 1. The van der Waals surface area contributed by atoms with Crippen LogP contribution >= 0.6 is 0 Å². The van der Waals surface area contributed by atoms with Gasteiger partial charge in [0.2, 0.25) is 0 Å². The van der Waals surface area contributed by atoms with Gasteiger partial charge in [0.1, 0.15) is 0 Å². The van der Waals surface area contributed by atoms with Crippen LogP contribution in [-0.2, 0) is 0 Å². The van der Waals surface area contributed by atoms with Crippen molar-refractivity contribution < 1.29 is 14.8 Å². The van der Waals surface area contributed by atoms with Crippen LogP contribution in [0.4, 0.5) is 16.3 Å². The third kappa shape index (κ3) is 1.32. The first-order valence-corrected chi connectivity index (χ1v) is 4.16. The van der Waals surface area contributed by atoms with Crippen LogP contribution in [0.15, 0.2) is 18.2 Å². The molecular weight excluding hydrogens is 216 g/mol. The van der Waals surface area contributed by atoms with Gasteiger partial charge in [0, 0.05) is 12.1 Å². The number of non-ortho nitro benzene ring substituents is 1. The number of hydrogen-bond acceptors (Lipinski definition) is 5. The van der Waals surface area contributed by atoms with Crippen LogP contribution in [0.5, 0.6) is 0 Å². The average molecular weight is 222 g/mol. The minimum absolute atomic E-state index is 0.0545. The summed E-state index contributed by atoms with van der Waals surface area (Å²) in [5, 5.41) is 23.1. The summed E-state index contributed by atoms with van der Waals surface area (Å²) in [5.41, 5.74) is 5.52. The van der Waals surface area contributed by atoms with Gasteiger partial charge in [-0.15, -0.1) is 5.10 Å². The number of nitrogens with zero attached hydrogens (tertiary/aromatic N) is 3. The summed E-state index contributed by atoms with van der Waals surface area (Å²) >= 11 is 0. The van der Waals surface area contributed by atoms with Gasteiger partial charge in [-0.3, -0.25) is 10.1 Å². The predicted molar refractivity (Wildman–Crippen MR) is 54.2 cm³/mol. The number of carboxylic acid groups (broad SMARTS) is 1. The number of nitro benzene ring substituents is 1. The molecular formula is C8H6N4O4. The maximum Gasteiger partial charge on any atom is 0.432 e. The number of aromatic nitrogens is 2. The summed E-state index contributed by atoms with van der Waals surface area (Å²) in [7, 11) is 0. The highest BCUT2D eigenvalue weighted by molar-refractivity contribution is 5.95. The Morgan fingerprint density at radius 3 is 2.81 bits per heavy atom. The summed E-state index contributed by atoms with van der Waals surface area (Å²) in [4.78, 5) is 20.7. The molecule has 0 spiro atoms. The first-order chi connectivity index (χ1) is 7.50. The molecule has 0 radical (unpaired) electrons. The molecule has 0 amide bonds. The van der Waals surface area contributed by atoms with E-state index in [0.29, 0.717) is 4.68 Å². The first-order valence-electron chi connectivity index (χ1n) is 4.16.